The maximum atomic E-state index is 13.0. The zero-order chi connectivity index (χ0) is 15.6. The Labute approximate surface area is 114 Å². The number of amides is 1. The summed E-state index contributed by atoms with van der Waals surface area (Å²) in [5, 5.41) is 0. The van der Waals surface area contributed by atoms with Crippen LogP contribution in [0.1, 0.15) is 31.1 Å². The van der Waals surface area contributed by atoms with E-state index in [2.05, 4.69) is 33.6 Å². The number of hydrogen-bond donors (Lipinski definition) is 0. The molecule has 0 radical (unpaired) electrons. The van der Waals surface area contributed by atoms with Gasteiger partial charge in [0.1, 0.15) is 11.6 Å². The third kappa shape index (κ3) is 8.78. The van der Waals surface area contributed by atoms with Crippen LogP contribution < -0.4 is 0 Å². The fourth-order valence-electron chi connectivity index (χ4n) is 0.902. The molecule has 19 heavy (non-hydrogen) atoms. The minimum Gasteiger partial charge on any atom is -0.345 e. The lowest BCUT2D eigenvalue weighted by atomic mass is 10.2. The Morgan fingerprint density at radius 3 is 1.95 bits per heavy atom. The minimum absolute atomic E-state index is 0.245. The van der Waals surface area contributed by atoms with Crippen molar-refractivity contribution >= 4 is 5.91 Å². The smallest absolute Gasteiger partial charge is 0.256 e. The Bertz CT molecular complexity index is 409. The van der Waals surface area contributed by atoms with Gasteiger partial charge in [-0.05, 0) is 24.1 Å². The fourth-order valence-corrected chi connectivity index (χ4v) is 0.902. The highest BCUT2D eigenvalue weighted by molar-refractivity contribution is 5.94. The molecule has 0 heterocycles. The highest BCUT2D eigenvalue weighted by Gasteiger charge is 2.13. The normalized spacial score (nSPS) is 8.74. The van der Waals surface area contributed by atoms with Crippen LogP contribution in [0.25, 0.3) is 0 Å². The van der Waals surface area contributed by atoms with E-state index in [1.54, 1.807) is 0 Å². The summed E-state index contributed by atoms with van der Waals surface area (Å²) in [5.74, 6) is -1.04. The molecule has 0 saturated heterocycles. The van der Waals surface area contributed by atoms with E-state index >= 15 is 0 Å². The summed E-state index contributed by atoms with van der Waals surface area (Å²) in [6, 6.07) is 2.80. The molecule has 0 aliphatic rings. The number of halogens is 2. The monoisotopic (exact) mass is 269 g/mol. The van der Waals surface area contributed by atoms with Crippen LogP contribution in [0, 0.1) is 30.4 Å². The van der Waals surface area contributed by atoms with Crippen molar-refractivity contribution in [1.82, 2.24) is 4.90 Å². The molecule has 0 unspecified atom stereocenters. The van der Waals surface area contributed by atoms with E-state index in [1.165, 1.54) is 19.0 Å². The number of hydrogen-bond acceptors (Lipinski definition) is 1. The van der Waals surface area contributed by atoms with E-state index < -0.39 is 17.5 Å². The number of terminal acetylenes is 1. The molecular formula is C15H21F2NO. The molecule has 1 amide bonds. The van der Waals surface area contributed by atoms with Crippen LogP contribution in [0.4, 0.5) is 8.78 Å². The van der Waals surface area contributed by atoms with Crippen LogP contribution in [-0.4, -0.2) is 24.9 Å². The summed E-state index contributed by atoms with van der Waals surface area (Å²) in [6.45, 7) is 6.50. The summed E-state index contributed by atoms with van der Waals surface area (Å²) < 4.78 is 25.6. The molecule has 1 aromatic rings. The summed E-state index contributed by atoms with van der Waals surface area (Å²) in [6.07, 6.45) is 8.00. The SMILES string of the molecule is C#C.CC(C)C.CN(C)C(=O)c1cc(F)ccc1F. The molecule has 4 heteroatoms. The van der Waals surface area contributed by atoms with Crippen molar-refractivity contribution < 1.29 is 13.6 Å². The van der Waals surface area contributed by atoms with Gasteiger partial charge in [-0.1, -0.05) is 20.8 Å². The highest BCUT2D eigenvalue weighted by Crippen LogP contribution is 2.10. The maximum absolute atomic E-state index is 13.0. The first-order valence-corrected chi connectivity index (χ1v) is 5.75. The van der Waals surface area contributed by atoms with Gasteiger partial charge in [-0.15, -0.1) is 12.8 Å². The van der Waals surface area contributed by atoms with Crippen molar-refractivity contribution in [1.29, 1.82) is 0 Å². The van der Waals surface area contributed by atoms with Gasteiger partial charge in [-0.2, -0.15) is 0 Å². The molecule has 1 aromatic carbocycles. The van der Waals surface area contributed by atoms with E-state index in [1.807, 2.05) is 0 Å². The predicted octanol–water partition coefficient (Wildman–Crippen LogP) is 3.58. The summed E-state index contributed by atoms with van der Waals surface area (Å²) in [5.41, 5.74) is -0.245. The van der Waals surface area contributed by atoms with Gasteiger partial charge in [0, 0.05) is 14.1 Å². The molecule has 0 bridgehead atoms. The standard InChI is InChI=1S/C9H9F2NO.C4H10.C2H2/c1-12(2)9(13)7-5-6(10)3-4-8(7)11;1-4(2)3;1-2/h3-5H,1-2H3;4H,1-3H3;1-2H. The van der Waals surface area contributed by atoms with E-state index in [0.717, 1.165) is 24.1 Å². The Hall–Kier alpha value is -1.89. The topological polar surface area (TPSA) is 20.3 Å². The van der Waals surface area contributed by atoms with Crippen LogP contribution in [0.3, 0.4) is 0 Å². The molecule has 0 spiro atoms. The molecule has 2 nitrogen and oxygen atoms in total. The number of carbonyl (C=O) groups excluding carboxylic acids is 1. The van der Waals surface area contributed by atoms with Crippen molar-refractivity contribution in [2.75, 3.05) is 14.1 Å². The van der Waals surface area contributed by atoms with Crippen LogP contribution in [-0.2, 0) is 0 Å². The zero-order valence-electron chi connectivity index (χ0n) is 12.1. The second kappa shape index (κ2) is 10.1. The van der Waals surface area contributed by atoms with E-state index in [4.69, 9.17) is 0 Å². The average Bonchev–Trinajstić information content (AvgIpc) is 2.33. The van der Waals surface area contributed by atoms with Gasteiger partial charge >= 0.3 is 0 Å². The second-order valence-corrected chi connectivity index (χ2v) is 4.56. The van der Waals surface area contributed by atoms with Crippen LogP contribution >= 0.6 is 0 Å². The van der Waals surface area contributed by atoms with Gasteiger partial charge in [0.05, 0.1) is 5.56 Å². The third-order valence-electron chi connectivity index (χ3n) is 1.56. The number of carbonyl (C=O) groups is 1. The predicted molar refractivity (Wildman–Crippen MR) is 74.8 cm³/mol. The van der Waals surface area contributed by atoms with Crippen LogP contribution in [0.2, 0.25) is 0 Å². The third-order valence-corrected chi connectivity index (χ3v) is 1.56. The van der Waals surface area contributed by atoms with Gasteiger partial charge in [0.2, 0.25) is 0 Å². The average molecular weight is 269 g/mol. The molecule has 106 valence electrons. The molecule has 0 atom stereocenters. The van der Waals surface area contributed by atoms with Crippen LogP contribution in [0.5, 0.6) is 0 Å². The van der Waals surface area contributed by atoms with Crippen molar-refractivity contribution in [2.24, 2.45) is 5.92 Å². The van der Waals surface area contributed by atoms with Gasteiger partial charge in [0.15, 0.2) is 0 Å². The Balaban J connectivity index is 0. The fraction of sp³-hybridized carbons (Fsp3) is 0.400. The molecule has 0 aliphatic heterocycles. The lowest BCUT2D eigenvalue weighted by Gasteiger charge is -2.10. The lowest BCUT2D eigenvalue weighted by Crippen LogP contribution is -2.22. The molecule has 0 aromatic heterocycles. The quantitative estimate of drug-likeness (QED) is 0.714. The molecule has 0 saturated carbocycles. The summed E-state index contributed by atoms with van der Waals surface area (Å²) in [7, 11) is 2.96. The number of nitrogens with zero attached hydrogens (tertiary/aromatic N) is 1. The van der Waals surface area contributed by atoms with Crippen molar-refractivity contribution in [3.05, 3.63) is 35.4 Å². The molecular weight excluding hydrogens is 248 g/mol. The summed E-state index contributed by atoms with van der Waals surface area (Å²) in [4.78, 5) is 12.4. The number of rotatable bonds is 1. The van der Waals surface area contributed by atoms with Gasteiger partial charge in [-0.25, -0.2) is 8.78 Å². The van der Waals surface area contributed by atoms with Gasteiger partial charge in [-0.3, -0.25) is 4.79 Å². The zero-order valence-corrected chi connectivity index (χ0v) is 12.1. The highest BCUT2D eigenvalue weighted by atomic mass is 19.1. The molecule has 0 aliphatic carbocycles. The van der Waals surface area contributed by atoms with E-state index in [9.17, 15) is 13.6 Å². The van der Waals surface area contributed by atoms with E-state index in [0.29, 0.717) is 0 Å². The maximum Gasteiger partial charge on any atom is 0.256 e. The first kappa shape index (κ1) is 19.4. The molecule has 0 fully saturated rings. The van der Waals surface area contributed by atoms with Crippen molar-refractivity contribution in [3.8, 4) is 12.8 Å². The Kier molecular flexibility index (Phi) is 10.3. The largest absolute Gasteiger partial charge is 0.345 e. The van der Waals surface area contributed by atoms with Gasteiger partial charge < -0.3 is 4.90 Å². The number of benzene rings is 1. The minimum atomic E-state index is -0.708. The van der Waals surface area contributed by atoms with Crippen molar-refractivity contribution in [2.45, 2.75) is 20.8 Å². The second-order valence-electron chi connectivity index (χ2n) is 4.56. The molecule has 0 N–H and O–H groups in total. The van der Waals surface area contributed by atoms with E-state index in [-0.39, 0.29) is 5.56 Å². The summed E-state index contributed by atoms with van der Waals surface area (Å²) >= 11 is 0. The lowest BCUT2D eigenvalue weighted by molar-refractivity contribution is 0.0822. The van der Waals surface area contributed by atoms with Crippen LogP contribution in [0.15, 0.2) is 18.2 Å². The van der Waals surface area contributed by atoms with Crippen molar-refractivity contribution in [3.63, 3.8) is 0 Å². The Morgan fingerprint density at radius 2 is 1.58 bits per heavy atom. The molecule has 1 rings (SSSR count). The first-order valence-electron chi connectivity index (χ1n) is 5.75. The Morgan fingerprint density at radius 1 is 1.16 bits per heavy atom. The van der Waals surface area contributed by atoms with Gasteiger partial charge in [0.25, 0.3) is 5.91 Å². The first-order chi connectivity index (χ1) is 8.75.